The van der Waals surface area contributed by atoms with E-state index in [0.717, 1.165) is 34.0 Å². The van der Waals surface area contributed by atoms with Crippen molar-refractivity contribution in [2.45, 2.75) is 20.8 Å². The van der Waals surface area contributed by atoms with Crippen LogP contribution >= 0.6 is 0 Å². The average Bonchev–Trinajstić information content (AvgIpc) is 2.95. The van der Waals surface area contributed by atoms with Crippen LogP contribution in [0.4, 0.5) is 0 Å². The van der Waals surface area contributed by atoms with E-state index in [4.69, 9.17) is 4.74 Å². The first-order valence-corrected chi connectivity index (χ1v) is 8.73. The molecule has 0 radical (unpaired) electrons. The number of aryl methyl sites for hydroxylation is 2. The number of benzene rings is 2. The van der Waals surface area contributed by atoms with Crippen LogP contribution in [0.25, 0.3) is 5.69 Å². The second-order valence-electron chi connectivity index (χ2n) is 6.37. The molecule has 0 atom stereocenters. The Kier molecular flexibility index (Phi) is 5.41. The van der Waals surface area contributed by atoms with Crippen LogP contribution in [0.15, 0.2) is 59.7 Å². The largest absolute Gasteiger partial charge is 0.497 e. The van der Waals surface area contributed by atoms with Crippen LogP contribution in [0, 0.1) is 20.8 Å². The van der Waals surface area contributed by atoms with Gasteiger partial charge < -0.3 is 9.30 Å². The van der Waals surface area contributed by atoms with Crippen LogP contribution in [-0.4, -0.2) is 23.8 Å². The number of hydrazone groups is 1. The first-order chi connectivity index (χ1) is 13.0. The van der Waals surface area contributed by atoms with Crippen molar-refractivity contribution in [1.82, 2.24) is 9.99 Å². The molecule has 0 aliphatic rings. The van der Waals surface area contributed by atoms with Gasteiger partial charge in [0.2, 0.25) is 0 Å². The number of hydrogen-bond acceptors (Lipinski definition) is 3. The molecule has 1 heterocycles. The van der Waals surface area contributed by atoms with Crippen molar-refractivity contribution in [3.63, 3.8) is 0 Å². The fourth-order valence-corrected chi connectivity index (χ4v) is 3.10. The zero-order chi connectivity index (χ0) is 19.4. The van der Waals surface area contributed by atoms with Crippen LogP contribution in [0.3, 0.4) is 0 Å². The highest BCUT2D eigenvalue weighted by molar-refractivity contribution is 5.96. The van der Waals surface area contributed by atoms with Gasteiger partial charge in [0.25, 0.3) is 5.91 Å². The first-order valence-electron chi connectivity index (χ1n) is 8.73. The summed E-state index contributed by atoms with van der Waals surface area (Å²) in [6.45, 7) is 5.98. The van der Waals surface area contributed by atoms with Crippen LogP contribution in [-0.2, 0) is 0 Å². The number of carbonyl (C=O) groups is 1. The number of nitrogens with zero attached hydrogens (tertiary/aromatic N) is 2. The number of carbonyl (C=O) groups excluding carboxylic acids is 1. The SMILES string of the molecule is COc1ccc(-n2c(C)cc(/C=N/NC(=O)c3ccccc3C)c2C)cc1. The van der Waals surface area contributed by atoms with Gasteiger partial charge in [0, 0.05) is 28.2 Å². The molecule has 0 fully saturated rings. The second kappa shape index (κ2) is 7.91. The van der Waals surface area contributed by atoms with Gasteiger partial charge in [0.15, 0.2) is 0 Å². The van der Waals surface area contributed by atoms with Gasteiger partial charge in [-0.15, -0.1) is 0 Å². The summed E-state index contributed by atoms with van der Waals surface area (Å²) in [5.41, 5.74) is 8.28. The summed E-state index contributed by atoms with van der Waals surface area (Å²) < 4.78 is 7.36. The van der Waals surface area contributed by atoms with Crippen molar-refractivity contribution in [2.24, 2.45) is 5.10 Å². The highest BCUT2D eigenvalue weighted by Crippen LogP contribution is 2.22. The van der Waals surface area contributed by atoms with Crippen LogP contribution in [0.5, 0.6) is 5.75 Å². The van der Waals surface area contributed by atoms with Crippen LogP contribution in [0.2, 0.25) is 0 Å². The van der Waals surface area contributed by atoms with E-state index in [0.29, 0.717) is 5.56 Å². The minimum Gasteiger partial charge on any atom is -0.497 e. The van der Waals surface area contributed by atoms with Crippen molar-refractivity contribution in [3.8, 4) is 11.4 Å². The lowest BCUT2D eigenvalue weighted by molar-refractivity contribution is 0.0954. The predicted molar refractivity (Wildman–Crippen MR) is 108 cm³/mol. The molecule has 1 amide bonds. The Morgan fingerprint density at radius 2 is 1.78 bits per heavy atom. The Morgan fingerprint density at radius 1 is 1.07 bits per heavy atom. The van der Waals surface area contributed by atoms with E-state index in [2.05, 4.69) is 15.1 Å². The summed E-state index contributed by atoms with van der Waals surface area (Å²) in [4.78, 5) is 12.3. The quantitative estimate of drug-likeness (QED) is 0.548. The molecular formula is C22H23N3O2. The Labute approximate surface area is 159 Å². The molecule has 0 aliphatic carbocycles. The second-order valence-corrected chi connectivity index (χ2v) is 6.37. The molecule has 0 saturated carbocycles. The molecule has 3 aromatic rings. The fraction of sp³-hybridized carbons (Fsp3) is 0.182. The number of rotatable bonds is 5. The summed E-state index contributed by atoms with van der Waals surface area (Å²) in [6, 6.07) is 17.4. The standard InChI is InChI=1S/C22H23N3O2/c1-15-7-5-6-8-21(15)22(26)24-23-14-18-13-16(2)25(17(18)3)19-9-11-20(27-4)12-10-19/h5-14H,1-4H3,(H,24,26)/b23-14+. The minimum absolute atomic E-state index is 0.215. The number of nitrogens with one attached hydrogen (secondary N) is 1. The summed E-state index contributed by atoms with van der Waals surface area (Å²) in [7, 11) is 1.65. The maximum atomic E-state index is 12.3. The topological polar surface area (TPSA) is 55.6 Å². The highest BCUT2D eigenvalue weighted by Gasteiger charge is 2.10. The van der Waals surface area contributed by atoms with Crippen molar-refractivity contribution in [3.05, 3.63) is 82.7 Å². The molecule has 27 heavy (non-hydrogen) atoms. The molecule has 0 spiro atoms. The molecule has 1 aromatic heterocycles. The molecular weight excluding hydrogens is 338 g/mol. The third-order valence-corrected chi connectivity index (χ3v) is 4.56. The Hall–Kier alpha value is -3.34. The first kappa shape index (κ1) is 18.5. The van der Waals surface area contributed by atoms with Crippen molar-refractivity contribution < 1.29 is 9.53 Å². The van der Waals surface area contributed by atoms with Crippen molar-refractivity contribution in [1.29, 1.82) is 0 Å². The number of ether oxygens (including phenoxy) is 1. The minimum atomic E-state index is -0.215. The molecule has 2 aromatic carbocycles. The molecule has 0 aliphatic heterocycles. The summed E-state index contributed by atoms with van der Waals surface area (Å²) in [5.74, 6) is 0.607. The molecule has 3 rings (SSSR count). The Bertz CT molecular complexity index is 985. The van der Waals surface area contributed by atoms with Crippen molar-refractivity contribution in [2.75, 3.05) is 7.11 Å². The zero-order valence-electron chi connectivity index (χ0n) is 16.0. The lowest BCUT2D eigenvalue weighted by atomic mass is 10.1. The molecule has 0 saturated heterocycles. The van der Waals surface area contributed by atoms with Gasteiger partial charge in [-0.3, -0.25) is 4.79 Å². The van der Waals surface area contributed by atoms with Gasteiger partial charge >= 0.3 is 0 Å². The lowest BCUT2D eigenvalue weighted by Gasteiger charge is -2.10. The molecule has 0 unspecified atom stereocenters. The molecule has 0 bridgehead atoms. The predicted octanol–water partition coefficient (Wildman–Crippen LogP) is 4.18. The van der Waals surface area contributed by atoms with Gasteiger partial charge in [0.1, 0.15) is 5.75 Å². The third-order valence-electron chi connectivity index (χ3n) is 4.56. The van der Waals surface area contributed by atoms with E-state index >= 15 is 0 Å². The Morgan fingerprint density at radius 3 is 2.44 bits per heavy atom. The third kappa shape index (κ3) is 3.92. The van der Waals surface area contributed by atoms with Gasteiger partial charge in [-0.05, 0) is 62.7 Å². The fourth-order valence-electron chi connectivity index (χ4n) is 3.10. The van der Waals surface area contributed by atoms with E-state index < -0.39 is 0 Å². The molecule has 5 nitrogen and oxygen atoms in total. The number of methoxy groups -OCH3 is 1. The lowest BCUT2D eigenvalue weighted by Crippen LogP contribution is -2.18. The number of aromatic nitrogens is 1. The number of hydrogen-bond donors (Lipinski definition) is 1. The molecule has 5 heteroatoms. The van der Waals surface area contributed by atoms with Gasteiger partial charge in [-0.2, -0.15) is 5.10 Å². The maximum absolute atomic E-state index is 12.3. The van der Waals surface area contributed by atoms with Crippen LogP contribution < -0.4 is 10.2 Å². The van der Waals surface area contributed by atoms with Gasteiger partial charge in [-0.1, -0.05) is 18.2 Å². The summed E-state index contributed by atoms with van der Waals surface area (Å²) in [6.07, 6.45) is 1.68. The average molecular weight is 361 g/mol. The monoisotopic (exact) mass is 361 g/mol. The molecule has 138 valence electrons. The maximum Gasteiger partial charge on any atom is 0.271 e. The van der Waals surface area contributed by atoms with E-state index in [-0.39, 0.29) is 5.91 Å². The van der Waals surface area contributed by atoms with Crippen molar-refractivity contribution >= 4 is 12.1 Å². The molecule has 1 N–H and O–H groups in total. The Balaban J connectivity index is 1.79. The summed E-state index contributed by atoms with van der Waals surface area (Å²) in [5, 5.41) is 4.14. The van der Waals surface area contributed by atoms with Crippen LogP contribution in [0.1, 0.15) is 32.9 Å². The van der Waals surface area contributed by atoms with Gasteiger partial charge in [0.05, 0.1) is 13.3 Å². The normalized spacial score (nSPS) is 11.0. The van der Waals surface area contributed by atoms with E-state index in [9.17, 15) is 4.79 Å². The smallest absolute Gasteiger partial charge is 0.271 e. The van der Waals surface area contributed by atoms with E-state index in [1.54, 1.807) is 19.4 Å². The van der Waals surface area contributed by atoms with Gasteiger partial charge in [-0.25, -0.2) is 5.43 Å². The van der Waals surface area contributed by atoms with E-state index in [1.807, 2.05) is 69.3 Å². The number of amides is 1. The highest BCUT2D eigenvalue weighted by atomic mass is 16.5. The zero-order valence-corrected chi connectivity index (χ0v) is 16.0. The van der Waals surface area contributed by atoms with E-state index in [1.165, 1.54) is 0 Å². The summed E-state index contributed by atoms with van der Waals surface area (Å²) >= 11 is 0.